The van der Waals surface area contributed by atoms with Crippen LogP contribution in [0.2, 0.25) is 0 Å². The van der Waals surface area contributed by atoms with Gasteiger partial charge in [-0.05, 0) is 34.7 Å². The standard InChI is InChI=1S/C16H20S3/c1-3-11-12(4-2)16(14-8-6-10-18-14)19-15(11)13-7-5-9-17-13/h5-12,15-16H,3-4H2,1-2H3. The Morgan fingerprint density at radius 3 is 1.63 bits per heavy atom. The zero-order valence-corrected chi connectivity index (χ0v) is 13.9. The van der Waals surface area contributed by atoms with E-state index in [0.29, 0.717) is 10.5 Å². The van der Waals surface area contributed by atoms with Crippen molar-refractivity contribution in [3.8, 4) is 0 Å². The van der Waals surface area contributed by atoms with Crippen LogP contribution in [0.3, 0.4) is 0 Å². The molecule has 102 valence electrons. The minimum Gasteiger partial charge on any atom is -0.148 e. The van der Waals surface area contributed by atoms with Gasteiger partial charge in [-0.2, -0.15) is 0 Å². The molecule has 4 atom stereocenters. The Morgan fingerprint density at radius 1 is 0.842 bits per heavy atom. The molecule has 0 aromatic carbocycles. The van der Waals surface area contributed by atoms with Crippen LogP contribution in [0, 0.1) is 11.8 Å². The SMILES string of the molecule is CCC1C(c2cccs2)SC(c2cccs2)C1CC. The zero-order valence-electron chi connectivity index (χ0n) is 11.4. The van der Waals surface area contributed by atoms with Crippen LogP contribution in [0.5, 0.6) is 0 Å². The molecule has 0 bridgehead atoms. The second-order valence-electron chi connectivity index (χ2n) is 5.15. The monoisotopic (exact) mass is 308 g/mol. The fourth-order valence-electron chi connectivity index (χ4n) is 3.30. The van der Waals surface area contributed by atoms with Crippen LogP contribution in [0.1, 0.15) is 46.9 Å². The van der Waals surface area contributed by atoms with Crippen molar-refractivity contribution in [1.82, 2.24) is 0 Å². The molecule has 0 radical (unpaired) electrons. The molecule has 1 aliphatic heterocycles. The van der Waals surface area contributed by atoms with Gasteiger partial charge in [-0.1, -0.05) is 38.8 Å². The third-order valence-electron chi connectivity index (χ3n) is 4.21. The van der Waals surface area contributed by atoms with Crippen molar-refractivity contribution in [2.45, 2.75) is 37.2 Å². The maximum atomic E-state index is 2.37. The van der Waals surface area contributed by atoms with Gasteiger partial charge < -0.3 is 0 Å². The molecule has 19 heavy (non-hydrogen) atoms. The molecular formula is C16H20S3. The summed E-state index contributed by atoms with van der Waals surface area (Å²) >= 11 is 6.08. The van der Waals surface area contributed by atoms with Crippen LogP contribution >= 0.6 is 34.4 Å². The van der Waals surface area contributed by atoms with Crippen LogP contribution in [0.25, 0.3) is 0 Å². The van der Waals surface area contributed by atoms with Gasteiger partial charge in [0.2, 0.25) is 0 Å². The normalized spacial score (nSPS) is 30.8. The summed E-state index contributed by atoms with van der Waals surface area (Å²) in [6.07, 6.45) is 2.60. The molecule has 3 rings (SSSR count). The fraction of sp³-hybridized carbons (Fsp3) is 0.500. The lowest BCUT2D eigenvalue weighted by Crippen LogP contribution is -2.14. The third kappa shape index (κ3) is 2.53. The lowest BCUT2D eigenvalue weighted by atomic mass is 9.82. The Kier molecular flexibility index (Phi) is 4.35. The van der Waals surface area contributed by atoms with E-state index >= 15 is 0 Å². The maximum Gasteiger partial charge on any atom is 0.0428 e. The van der Waals surface area contributed by atoms with Crippen LogP contribution in [-0.4, -0.2) is 0 Å². The van der Waals surface area contributed by atoms with Crippen molar-refractivity contribution in [2.24, 2.45) is 11.8 Å². The largest absolute Gasteiger partial charge is 0.148 e. The van der Waals surface area contributed by atoms with Gasteiger partial charge >= 0.3 is 0 Å². The van der Waals surface area contributed by atoms with Crippen molar-refractivity contribution in [2.75, 3.05) is 0 Å². The van der Waals surface area contributed by atoms with Crippen molar-refractivity contribution in [3.05, 3.63) is 44.8 Å². The number of hydrogen-bond donors (Lipinski definition) is 0. The van der Waals surface area contributed by atoms with Crippen molar-refractivity contribution < 1.29 is 0 Å². The van der Waals surface area contributed by atoms with E-state index in [0.717, 1.165) is 11.8 Å². The summed E-state index contributed by atoms with van der Waals surface area (Å²) in [5.41, 5.74) is 0. The first-order chi connectivity index (χ1) is 9.35. The van der Waals surface area contributed by atoms with Crippen LogP contribution in [0.15, 0.2) is 35.0 Å². The van der Waals surface area contributed by atoms with Crippen molar-refractivity contribution >= 4 is 34.4 Å². The molecule has 1 fully saturated rings. The minimum atomic E-state index is 0.710. The van der Waals surface area contributed by atoms with Gasteiger partial charge in [-0.3, -0.25) is 0 Å². The van der Waals surface area contributed by atoms with E-state index in [-0.39, 0.29) is 0 Å². The minimum absolute atomic E-state index is 0.710. The molecule has 0 amide bonds. The molecule has 0 N–H and O–H groups in total. The summed E-state index contributed by atoms with van der Waals surface area (Å²) in [6.45, 7) is 4.73. The van der Waals surface area contributed by atoms with Crippen LogP contribution in [0.4, 0.5) is 0 Å². The molecule has 0 nitrogen and oxygen atoms in total. The maximum absolute atomic E-state index is 2.37. The average Bonchev–Trinajstić information content (AvgIpc) is 3.16. The molecule has 4 unspecified atom stereocenters. The highest BCUT2D eigenvalue weighted by molar-refractivity contribution is 8.00. The highest BCUT2D eigenvalue weighted by Gasteiger charge is 2.43. The Balaban J connectivity index is 1.91. The predicted octanol–water partition coefficient (Wildman–Crippen LogP) is 6.39. The Morgan fingerprint density at radius 2 is 1.32 bits per heavy atom. The predicted molar refractivity (Wildman–Crippen MR) is 89.3 cm³/mol. The second kappa shape index (κ2) is 6.02. The van der Waals surface area contributed by atoms with E-state index in [1.807, 2.05) is 22.7 Å². The number of thioether (sulfide) groups is 1. The van der Waals surface area contributed by atoms with Gasteiger partial charge in [0.25, 0.3) is 0 Å². The van der Waals surface area contributed by atoms with E-state index in [4.69, 9.17) is 0 Å². The first-order valence-corrected chi connectivity index (χ1v) is 9.77. The van der Waals surface area contributed by atoms with Gasteiger partial charge in [0.05, 0.1) is 0 Å². The summed E-state index contributed by atoms with van der Waals surface area (Å²) in [5.74, 6) is 1.67. The molecule has 0 spiro atoms. The Bertz CT molecular complexity index is 440. The molecule has 3 heterocycles. The van der Waals surface area contributed by atoms with Crippen molar-refractivity contribution in [1.29, 1.82) is 0 Å². The summed E-state index contributed by atoms with van der Waals surface area (Å²) in [4.78, 5) is 3.16. The first-order valence-electron chi connectivity index (χ1n) is 7.07. The van der Waals surface area contributed by atoms with Crippen molar-refractivity contribution in [3.63, 3.8) is 0 Å². The molecule has 1 saturated heterocycles. The lowest BCUT2D eigenvalue weighted by Gasteiger charge is -2.22. The van der Waals surface area contributed by atoms with Gasteiger partial charge in [0.1, 0.15) is 0 Å². The molecule has 3 heteroatoms. The van der Waals surface area contributed by atoms with E-state index < -0.39 is 0 Å². The van der Waals surface area contributed by atoms with E-state index in [1.54, 1.807) is 9.75 Å². The number of thiophene rings is 2. The quantitative estimate of drug-likeness (QED) is 0.630. The third-order valence-corrected chi connectivity index (χ3v) is 8.21. The smallest absolute Gasteiger partial charge is 0.0428 e. The zero-order chi connectivity index (χ0) is 13.2. The molecule has 1 aliphatic rings. The number of hydrogen-bond acceptors (Lipinski definition) is 3. The molecular weight excluding hydrogens is 288 g/mol. The highest BCUT2D eigenvalue weighted by Crippen LogP contribution is 2.62. The highest BCUT2D eigenvalue weighted by atomic mass is 32.2. The van der Waals surface area contributed by atoms with E-state index in [9.17, 15) is 0 Å². The van der Waals surface area contributed by atoms with Crippen LogP contribution < -0.4 is 0 Å². The molecule has 2 aromatic heterocycles. The molecule has 0 saturated carbocycles. The first kappa shape index (κ1) is 13.7. The summed E-state index contributed by atoms with van der Waals surface area (Å²) in [7, 11) is 0. The van der Waals surface area contributed by atoms with E-state index in [2.05, 4.69) is 60.6 Å². The van der Waals surface area contributed by atoms with E-state index in [1.165, 1.54) is 12.8 Å². The van der Waals surface area contributed by atoms with Crippen LogP contribution in [-0.2, 0) is 0 Å². The van der Waals surface area contributed by atoms with Gasteiger partial charge in [0, 0.05) is 20.3 Å². The summed E-state index contributed by atoms with van der Waals surface area (Å²) < 4.78 is 0. The molecule has 2 aromatic rings. The summed E-state index contributed by atoms with van der Waals surface area (Å²) in [6, 6.07) is 9.06. The number of rotatable bonds is 4. The Hall–Kier alpha value is -0.250. The average molecular weight is 309 g/mol. The van der Waals surface area contributed by atoms with Gasteiger partial charge in [0.15, 0.2) is 0 Å². The lowest BCUT2D eigenvalue weighted by molar-refractivity contribution is 0.327. The molecule has 0 aliphatic carbocycles. The topological polar surface area (TPSA) is 0 Å². The van der Waals surface area contributed by atoms with Gasteiger partial charge in [-0.15, -0.1) is 34.4 Å². The van der Waals surface area contributed by atoms with Gasteiger partial charge in [-0.25, -0.2) is 0 Å². The Labute approximate surface area is 128 Å². The second-order valence-corrected chi connectivity index (χ2v) is 8.40. The summed E-state index contributed by atoms with van der Waals surface area (Å²) in [5, 5.41) is 5.87. The fourth-order valence-corrected chi connectivity index (χ4v) is 7.47.